The number of sulfonamides is 3. The smallest absolute Gasteiger partial charge is 0.283 e. The second-order valence-corrected chi connectivity index (χ2v) is 40.5. The van der Waals surface area contributed by atoms with E-state index in [0.29, 0.717) is 35.2 Å². The summed E-state index contributed by atoms with van der Waals surface area (Å²) in [7, 11) is -12.5. The molecule has 3 amide bonds. The van der Waals surface area contributed by atoms with Gasteiger partial charge in [-0.05, 0) is 188 Å². The molecule has 0 saturated carbocycles. The van der Waals surface area contributed by atoms with E-state index in [4.69, 9.17) is 15.0 Å². The Bertz CT molecular complexity index is 4790. The Morgan fingerprint density at radius 1 is 0.342 bits per heavy atom. The van der Waals surface area contributed by atoms with Crippen LogP contribution in [0.25, 0.3) is 0 Å². The van der Waals surface area contributed by atoms with Crippen molar-refractivity contribution in [3.8, 4) is 0 Å². The Balaban J connectivity index is 0.000000146. The number of anilines is 3. The van der Waals surface area contributed by atoms with E-state index in [2.05, 4.69) is 148 Å². The van der Waals surface area contributed by atoms with Gasteiger partial charge in [-0.25, -0.2) is 29.1 Å². The summed E-state index contributed by atoms with van der Waals surface area (Å²) in [5.41, 5.74) is 5.11. The van der Waals surface area contributed by atoms with Gasteiger partial charge in [0.15, 0.2) is 15.1 Å². The van der Waals surface area contributed by atoms with Crippen molar-refractivity contribution in [1.29, 1.82) is 0 Å². The standard InChI is InChI=1S/3C28H35N5O3S/c3*1-27(2,3)23-14-12-21-25(29-23)32-18-19(17-28(32,4)5)11-13-22(20-9-7-6-8-10-20)33-16-15-24(30-33)37(35,36)31-26(21)34/h3*6-10,12,14-16,19,22H,11,13,17-18H2,1-5H3,(H,31,34)/t3*19-,22?/m000/s1. The summed E-state index contributed by atoms with van der Waals surface area (Å²) < 4.78 is 91.3. The van der Waals surface area contributed by atoms with E-state index in [1.54, 1.807) is 50.8 Å². The van der Waals surface area contributed by atoms with Crippen LogP contribution in [-0.2, 0) is 46.3 Å². The third-order valence-corrected chi connectivity index (χ3v) is 26.3. The predicted molar refractivity (Wildman–Crippen MR) is 429 cm³/mol. The van der Waals surface area contributed by atoms with Gasteiger partial charge < -0.3 is 14.7 Å². The minimum absolute atomic E-state index is 0.112. The number of pyridine rings is 3. The number of benzene rings is 3. The van der Waals surface area contributed by atoms with Gasteiger partial charge in [-0.1, -0.05) is 153 Å². The number of fused-ring (bicyclic) bond motifs is 18. The van der Waals surface area contributed by atoms with Crippen LogP contribution in [0.2, 0.25) is 0 Å². The molecule has 6 atom stereocenters. The van der Waals surface area contributed by atoms with Crippen LogP contribution in [0.4, 0.5) is 17.5 Å². The lowest BCUT2D eigenvalue weighted by molar-refractivity contribution is 0.0972. The summed E-state index contributed by atoms with van der Waals surface area (Å²) in [5, 5.41) is 12.7. The van der Waals surface area contributed by atoms with Crippen LogP contribution in [0.3, 0.4) is 0 Å². The Morgan fingerprint density at radius 2 is 0.586 bits per heavy atom. The molecule has 12 bridgehead atoms. The van der Waals surface area contributed by atoms with Gasteiger partial charge in [0.05, 0.1) is 34.8 Å². The lowest BCUT2D eigenvalue weighted by Crippen LogP contribution is -2.41. The molecule has 3 aromatic carbocycles. The van der Waals surface area contributed by atoms with Crippen molar-refractivity contribution < 1.29 is 39.6 Å². The number of carbonyl (C=O) groups is 3. The minimum atomic E-state index is -4.18. The summed E-state index contributed by atoms with van der Waals surface area (Å²) in [4.78, 5) is 61.8. The van der Waals surface area contributed by atoms with Crippen LogP contribution >= 0.6 is 0 Å². The van der Waals surface area contributed by atoms with Gasteiger partial charge in [-0.2, -0.15) is 40.5 Å². The van der Waals surface area contributed by atoms with Crippen molar-refractivity contribution in [3.05, 3.63) is 215 Å². The van der Waals surface area contributed by atoms with Crippen LogP contribution in [0.15, 0.2) is 179 Å². The molecule has 15 rings (SSSR count). The molecule has 27 heteroatoms. The third kappa shape index (κ3) is 17.0. The molecule has 3 fully saturated rings. The first-order chi connectivity index (χ1) is 52.0. The fourth-order valence-corrected chi connectivity index (χ4v) is 19.5. The maximum absolute atomic E-state index is 13.4. The topological polar surface area (TPSA) is 292 Å². The quantitative estimate of drug-likeness (QED) is 0.148. The second-order valence-electron chi connectivity index (χ2n) is 35.6. The average molecular weight is 1570 g/mol. The summed E-state index contributed by atoms with van der Waals surface area (Å²) in [6.07, 6.45) is 13.1. The highest BCUT2D eigenvalue weighted by atomic mass is 32.2. The molecule has 3 saturated heterocycles. The van der Waals surface area contributed by atoms with Gasteiger partial charge in [0.1, 0.15) is 17.5 Å². The monoisotopic (exact) mass is 1560 g/mol. The molecular formula is C84H105N15O9S3. The van der Waals surface area contributed by atoms with Crippen LogP contribution in [0.5, 0.6) is 0 Å². The van der Waals surface area contributed by atoms with Crippen molar-refractivity contribution in [2.75, 3.05) is 34.3 Å². The fraction of sp³-hybridized carbons (Fsp3) is 0.464. The molecule has 3 unspecified atom stereocenters. The van der Waals surface area contributed by atoms with Crippen molar-refractivity contribution >= 4 is 65.2 Å². The lowest BCUT2D eigenvalue weighted by atomic mass is 9.90. The molecule has 0 spiro atoms. The highest BCUT2D eigenvalue weighted by Crippen LogP contribution is 2.46. The zero-order valence-electron chi connectivity index (χ0n) is 66.3. The number of hydrogen-bond acceptors (Lipinski definition) is 18. The van der Waals surface area contributed by atoms with Crippen molar-refractivity contribution in [1.82, 2.24) is 58.5 Å². The number of nitrogens with zero attached hydrogens (tertiary/aromatic N) is 12. The molecule has 0 aliphatic carbocycles. The SMILES string of the molecule is CC(C)(C)c1ccc2c(n1)N1C[C@@H](CCC(c3ccccc3)n3ccc(n3)S(=O)(=O)NC2=O)CC1(C)C.CC(C)(C)c1ccc2c(n1)N1C[C@@H](CCC(c3ccccc3)n3ccc(n3)S(=O)(=O)NC2=O)CC1(C)C.CC(C)(C)c1ccc2c(n1)N1C[C@@H](CCC(c3ccccc3)n3ccc(n3)S(=O)(=O)NC2=O)CC1(C)C. The first-order valence-electron chi connectivity index (χ1n) is 38.4. The molecule has 6 aromatic heterocycles. The zero-order chi connectivity index (χ0) is 79.8. The predicted octanol–water partition coefficient (Wildman–Crippen LogP) is 14.0. The van der Waals surface area contributed by atoms with Gasteiger partial charge in [0, 0.05) is 88.2 Å². The second kappa shape index (κ2) is 29.8. The van der Waals surface area contributed by atoms with E-state index in [9.17, 15) is 39.6 Å². The van der Waals surface area contributed by atoms with E-state index in [-0.39, 0.29) is 82.8 Å². The van der Waals surface area contributed by atoms with Gasteiger partial charge in [0.25, 0.3) is 47.8 Å². The number of carbonyl (C=O) groups excluding carboxylic acids is 3. The molecule has 24 nitrogen and oxygen atoms in total. The summed E-state index contributed by atoms with van der Waals surface area (Å²) in [6, 6.07) is 44.6. The van der Waals surface area contributed by atoms with Gasteiger partial charge >= 0.3 is 0 Å². The molecule has 588 valence electrons. The Morgan fingerprint density at radius 3 is 0.820 bits per heavy atom. The first-order valence-corrected chi connectivity index (χ1v) is 42.9. The average Bonchev–Trinajstić information content (AvgIpc) is 1.67. The minimum Gasteiger partial charge on any atom is -0.351 e. The molecule has 3 N–H and O–H groups in total. The third-order valence-electron chi connectivity index (χ3n) is 22.6. The number of rotatable bonds is 3. The Hall–Kier alpha value is -9.60. The van der Waals surface area contributed by atoms with E-state index in [1.165, 1.54) is 18.2 Å². The zero-order valence-corrected chi connectivity index (χ0v) is 68.8. The molecule has 111 heavy (non-hydrogen) atoms. The fourth-order valence-electron chi connectivity index (χ4n) is 16.8. The van der Waals surface area contributed by atoms with Crippen LogP contribution in [-0.4, -0.2) is 124 Å². The van der Waals surface area contributed by atoms with Gasteiger partial charge in [-0.15, -0.1) is 0 Å². The highest BCUT2D eigenvalue weighted by molar-refractivity contribution is 7.90. The molecule has 9 aromatic rings. The molecule has 12 heterocycles. The molecule has 6 aliphatic rings. The number of hydrogen-bond donors (Lipinski definition) is 3. The van der Waals surface area contributed by atoms with E-state index >= 15 is 0 Å². The van der Waals surface area contributed by atoms with Gasteiger partial charge in [-0.3, -0.25) is 28.4 Å². The van der Waals surface area contributed by atoms with Gasteiger partial charge in [0.2, 0.25) is 0 Å². The summed E-state index contributed by atoms with van der Waals surface area (Å²) >= 11 is 0. The van der Waals surface area contributed by atoms with E-state index < -0.39 is 47.8 Å². The van der Waals surface area contributed by atoms with Crippen molar-refractivity contribution in [2.45, 2.75) is 228 Å². The van der Waals surface area contributed by atoms with Crippen LogP contribution in [0, 0.1) is 17.8 Å². The number of aromatic nitrogens is 9. The van der Waals surface area contributed by atoms with E-state index in [1.807, 2.05) is 109 Å². The van der Waals surface area contributed by atoms with Crippen LogP contribution < -0.4 is 28.9 Å². The largest absolute Gasteiger partial charge is 0.351 e. The maximum atomic E-state index is 13.4. The summed E-state index contributed by atoms with van der Waals surface area (Å²) in [6.45, 7) is 33.9. The van der Waals surface area contributed by atoms with Crippen molar-refractivity contribution in [3.63, 3.8) is 0 Å². The molecule has 0 radical (unpaired) electrons. The normalized spacial score (nSPS) is 23.2. The summed E-state index contributed by atoms with van der Waals surface area (Å²) in [5.74, 6) is 0.673. The lowest BCUT2D eigenvalue weighted by Gasteiger charge is -2.34. The highest BCUT2D eigenvalue weighted by Gasteiger charge is 2.46. The van der Waals surface area contributed by atoms with Crippen LogP contribution in [0.1, 0.15) is 245 Å². The van der Waals surface area contributed by atoms with E-state index in [0.717, 1.165) is 111 Å². The molecular weight excluding hydrogens is 1460 g/mol. The Kier molecular flexibility index (Phi) is 21.4. The first kappa shape index (κ1) is 79.5. The van der Waals surface area contributed by atoms with Crippen molar-refractivity contribution in [2.24, 2.45) is 17.8 Å². The maximum Gasteiger partial charge on any atom is 0.283 e. The number of nitrogens with one attached hydrogen (secondary N) is 3. The molecule has 6 aliphatic heterocycles. The Labute approximate surface area is 653 Å². The number of amides is 3.